The lowest BCUT2D eigenvalue weighted by Crippen LogP contribution is -2.49. The van der Waals surface area contributed by atoms with Crippen LogP contribution in [0.1, 0.15) is 51.0 Å². The monoisotopic (exact) mass is 656 g/mol. The van der Waals surface area contributed by atoms with Crippen LogP contribution in [0.5, 0.6) is 17.2 Å². The number of likely N-dealkylation sites (tertiary alicyclic amines) is 1. The third-order valence-corrected chi connectivity index (χ3v) is 10.7. The number of carbonyl (C=O) groups is 5. The van der Waals surface area contributed by atoms with Gasteiger partial charge < -0.3 is 19.7 Å². The zero-order valence-corrected chi connectivity index (χ0v) is 27.3. The number of unbranched alkanes of at least 4 members (excludes halogenated alkanes) is 2. The molecular formula is C37H40N2O9. The minimum Gasteiger partial charge on any atom is -0.502 e. The van der Waals surface area contributed by atoms with Crippen LogP contribution >= 0.6 is 0 Å². The first-order chi connectivity index (χ1) is 23.0. The van der Waals surface area contributed by atoms with Crippen molar-refractivity contribution >= 4 is 41.4 Å². The van der Waals surface area contributed by atoms with Crippen LogP contribution in [0.3, 0.4) is 0 Å². The highest BCUT2D eigenvalue weighted by Crippen LogP contribution is 2.61. The minimum absolute atomic E-state index is 0.0357. The number of carboxylic acid groups (broad SMARTS) is 1. The van der Waals surface area contributed by atoms with Crippen molar-refractivity contribution in [2.24, 2.45) is 35.0 Å². The van der Waals surface area contributed by atoms with E-state index in [-0.39, 0.29) is 60.3 Å². The predicted octanol–water partition coefficient (Wildman–Crippen LogP) is 4.83. The van der Waals surface area contributed by atoms with Gasteiger partial charge in [-0.1, -0.05) is 48.4 Å². The van der Waals surface area contributed by atoms with Crippen molar-refractivity contribution in [2.45, 2.75) is 45.4 Å². The summed E-state index contributed by atoms with van der Waals surface area (Å²) in [6.07, 6.45) is 7.88. The quantitative estimate of drug-likeness (QED) is 0.197. The first-order valence-electron chi connectivity index (χ1n) is 16.4. The number of carbonyl (C=O) groups excluding carboxylic acids is 4. The van der Waals surface area contributed by atoms with Gasteiger partial charge in [-0.3, -0.25) is 28.9 Å². The summed E-state index contributed by atoms with van der Waals surface area (Å²) >= 11 is 0. The first kappa shape index (κ1) is 33.0. The molecule has 6 atom stereocenters. The van der Waals surface area contributed by atoms with Crippen molar-refractivity contribution in [1.82, 2.24) is 4.90 Å². The topological polar surface area (TPSA) is 151 Å². The summed E-state index contributed by atoms with van der Waals surface area (Å²) in [4.78, 5) is 69.7. The molecule has 4 aliphatic rings. The third-order valence-electron chi connectivity index (χ3n) is 10.7. The molecule has 0 spiro atoms. The summed E-state index contributed by atoms with van der Waals surface area (Å²) in [6.45, 7) is 2.04. The molecule has 2 saturated heterocycles. The van der Waals surface area contributed by atoms with Crippen LogP contribution in [0.15, 0.2) is 60.2 Å². The van der Waals surface area contributed by atoms with Crippen molar-refractivity contribution in [3.8, 4) is 17.2 Å². The fourth-order valence-electron chi connectivity index (χ4n) is 8.27. The van der Waals surface area contributed by atoms with E-state index >= 15 is 0 Å². The molecule has 48 heavy (non-hydrogen) atoms. The first-order valence-corrected chi connectivity index (χ1v) is 16.4. The molecule has 2 aromatic rings. The number of methoxy groups -OCH3 is 2. The Kier molecular flexibility index (Phi) is 8.89. The third kappa shape index (κ3) is 5.35. The van der Waals surface area contributed by atoms with E-state index in [4.69, 9.17) is 14.6 Å². The van der Waals surface area contributed by atoms with Gasteiger partial charge in [0.05, 0.1) is 43.1 Å². The van der Waals surface area contributed by atoms with Gasteiger partial charge in [-0.2, -0.15) is 0 Å². The highest BCUT2D eigenvalue weighted by molar-refractivity contribution is 6.24. The average Bonchev–Trinajstić information content (AvgIpc) is 3.44. The standard InChI is InChI=1S/C37H40N2O9/c1-37-26(16-13-21-18-28(47-2)32(42)29(19-21)48-3)23-14-15-24-31(35(45)38(33(24)43)17-9-5-8-12-30(40)41)25(23)20-27(37)34(44)39(36(37)46)22-10-6-4-7-11-22/h4,6-7,10-11,13-14,16,18-19,24-27,31,42H,5,8-9,12,15,17,20H2,1-3H3,(H,40,41). The number of benzene rings is 2. The molecule has 11 nitrogen and oxygen atoms in total. The molecule has 2 aromatic carbocycles. The number of aromatic hydroxyl groups is 1. The summed E-state index contributed by atoms with van der Waals surface area (Å²) in [6, 6.07) is 12.1. The Morgan fingerprint density at radius 3 is 2.29 bits per heavy atom. The second-order valence-electron chi connectivity index (χ2n) is 13.2. The molecule has 2 heterocycles. The highest BCUT2D eigenvalue weighted by Gasteiger charge is 2.66. The minimum atomic E-state index is -1.17. The molecule has 0 radical (unpaired) electrons. The molecular weight excluding hydrogens is 616 g/mol. The second kappa shape index (κ2) is 12.9. The maximum Gasteiger partial charge on any atom is 0.303 e. The Bertz CT molecular complexity index is 1690. The van der Waals surface area contributed by atoms with Crippen LogP contribution in [0, 0.1) is 35.0 Å². The molecule has 1 saturated carbocycles. The van der Waals surface area contributed by atoms with E-state index in [1.54, 1.807) is 42.5 Å². The Morgan fingerprint density at radius 2 is 1.65 bits per heavy atom. The SMILES string of the molecule is COc1cc(C=CC2C3=CCC4C(=O)N(CCCCCC(=O)O)C(=O)C4C3CC3C(=O)N(c4ccccc4)C(=O)C23C)cc(OC)c1O. The number of amides is 4. The number of rotatable bonds is 11. The van der Waals surface area contributed by atoms with Crippen LogP contribution < -0.4 is 14.4 Å². The van der Waals surface area contributed by atoms with E-state index in [1.165, 1.54) is 24.0 Å². The molecule has 2 aliphatic heterocycles. The number of imide groups is 2. The van der Waals surface area contributed by atoms with Crippen LogP contribution in [-0.2, 0) is 24.0 Å². The molecule has 0 aromatic heterocycles. The van der Waals surface area contributed by atoms with Gasteiger partial charge in [-0.15, -0.1) is 0 Å². The van der Waals surface area contributed by atoms with E-state index < -0.39 is 41.0 Å². The van der Waals surface area contributed by atoms with Crippen molar-refractivity contribution in [2.75, 3.05) is 25.7 Å². The average molecular weight is 657 g/mol. The molecule has 11 heteroatoms. The molecule has 252 valence electrons. The molecule has 6 unspecified atom stereocenters. The Balaban J connectivity index is 1.38. The lowest BCUT2D eigenvalue weighted by molar-refractivity contribution is -0.141. The number of allylic oxidation sites excluding steroid dienone is 3. The molecule has 2 N–H and O–H groups in total. The van der Waals surface area contributed by atoms with E-state index in [0.29, 0.717) is 36.9 Å². The summed E-state index contributed by atoms with van der Waals surface area (Å²) < 4.78 is 10.7. The number of hydrogen-bond acceptors (Lipinski definition) is 8. The number of nitrogens with zero attached hydrogens (tertiary/aromatic N) is 2. The molecule has 3 fully saturated rings. The van der Waals surface area contributed by atoms with Crippen molar-refractivity contribution < 1.29 is 43.7 Å². The van der Waals surface area contributed by atoms with Crippen LogP contribution in [0.2, 0.25) is 0 Å². The van der Waals surface area contributed by atoms with Crippen molar-refractivity contribution in [1.29, 1.82) is 0 Å². The van der Waals surface area contributed by atoms with Crippen molar-refractivity contribution in [3.63, 3.8) is 0 Å². The Hall–Kier alpha value is -4.93. The van der Waals surface area contributed by atoms with E-state index in [1.807, 2.05) is 25.1 Å². The summed E-state index contributed by atoms with van der Waals surface area (Å²) in [5.41, 5.74) is 0.814. The largest absolute Gasteiger partial charge is 0.502 e. The predicted molar refractivity (Wildman–Crippen MR) is 175 cm³/mol. The smallest absolute Gasteiger partial charge is 0.303 e. The molecule has 0 bridgehead atoms. The summed E-state index contributed by atoms with van der Waals surface area (Å²) in [5, 5.41) is 19.4. The number of aliphatic carboxylic acids is 1. The maximum absolute atomic E-state index is 14.4. The van der Waals surface area contributed by atoms with Gasteiger partial charge in [0, 0.05) is 18.9 Å². The van der Waals surface area contributed by atoms with Gasteiger partial charge in [0.2, 0.25) is 29.4 Å². The number of fused-ring (bicyclic) bond motifs is 4. The normalized spacial score (nSPS) is 28.0. The number of ether oxygens (including phenoxy) is 2. The van der Waals surface area contributed by atoms with Gasteiger partial charge in [0.25, 0.3) is 0 Å². The van der Waals surface area contributed by atoms with Gasteiger partial charge >= 0.3 is 5.97 Å². The van der Waals surface area contributed by atoms with Crippen molar-refractivity contribution in [3.05, 3.63) is 65.8 Å². The Labute approximate surface area is 278 Å². The van der Waals surface area contributed by atoms with E-state index in [9.17, 15) is 29.1 Å². The van der Waals surface area contributed by atoms with Gasteiger partial charge in [-0.05, 0) is 68.4 Å². The fraction of sp³-hybridized carbons (Fsp3) is 0.432. The maximum atomic E-state index is 14.4. The summed E-state index contributed by atoms with van der Waals surface area (Å²) in [7, 11) is 2.87. The summed E-state index contributed by atoms with van der Waals surface area (Å²) in [5.74, 6) is -4.71. The number of para-hydroxylation sites is 1. The van der Waals surface area contributed by atoms with Gasteiger partial charge in [0.1, 0.15) is 0 Å². The van der Waals surface area contributed by atoms with Crippen LogP contribution in [0.4, 0.5) is 5.69 Å². The number of anilines is 1. The van der Waals surface area contributed by atoms with Crippen LogP contribution in [0.25, 0.3) is 6.08 Å². The zero-order chi connectivity index (χ0) is 34.3. The van der Waals surface area contributed by atoms with Gasteiger partial charge in [-0.25, -0.2) is 4.90 Å². The number of phenolic OH excluding ortho intramolecular Hbond substituents is 1. The second-order valence-corrected chi connectivity index (χ2v) is 13.2. The number of phenols is 1. The lowest BCUT2D eigenvalue weighted by Gasteiger charge is -2.47. The Morgan fingerprint density at radius 1 is 0.958 bits per heavy atom. The zero-order valence-electron chi connectivity index (χ0n) is 27.3. The van der Waals surface area contributed by atoms with Crippen LogP contribution in [-0.4, -0.2) is 65.5 Å². The van der Waals surface area contributed by atoms with E-state index in [2.05, 4.69) is 0 Å². The highest BCUT2D eigenvalue weighted by atomic mass is 16.5. The fourth-order valence-corrected chi connectivity index (χ4v) is 8.27. The number of carboxylic acids is 1. The van der Waals surface area contributed by atoms with Gasteiger partial charge in [0.15, 0.2) is 11.5 Å². The molecule has 6 rings (SSSR count). The molecule has 4 amide bonds. The van der Waals surface area contributed by atoms with E-state index in [0.717, 1.165) is 5.57 Å². The lowest BCUT2D eigenvalue weighted by atomic mass is 9.52. The number of hydrogen-bond donors (Lipinski definition) is 2. The molecule has 2 aliphatic carbocycles.